The predicted molar refractivity (Wildman–Crippen MR) is 246 cm³/mol. The Morgan fingerprint density at radius 2 is 1.63 bits per heavy atom. The van der Waals surface area contributed by atoms with Crippen LogP contribution >= 0.6 is 11.3 Å². The summed E-state index contributed by atoms with van der Waals surface area (Å²) >= 11 is 1.57. The Balaban J connectivity index is 0.940. The average Bonchev–Trinajstić information content (AvgIpc) is 3.87. The molecule has 15 nitrogen and oxygen atoms in total. The zero-order chi connectivity index (χ0) is 45.1. The Kier molecular flexibility index (Phi) is 15.6. The Morgan fingerprint density at radius 3 is 2.32 bits per heavy atom. The molecular weight excluding hydrogens is 819 g/mol. The van der Waals surface area contributed by atoms with Crippen molar-refractivity contribution in [1.82, 2.24) is 30.5 Å². The van der Waals surface area contributed by atoms with Crippen molar-refractivity contribution in [2.75, 3.05) is 48.9 Å². The zero-order valence-corrected chi connectivity index (χ0v) is 37.5. The Labute approximate surface area is 372 Å². The number of nitrogens with one attached hydrogen (secondary N) is 4. The van der Waals surface area contributed by atoms with Gasteiger partial charge in [-0.15, -0.1) is 11.3 Å². The minimum Gasteiger partial charge on any atom is -0.391 e. The number of hydrogen-bond acceptors (Lipinski definition) is 12. The van der Waals surface area contributed by atoms with Crippen LogP contribution in [0.5, 0.6) is 0 Å². The standard InChI is InChI=1S/C47H57N9O6S/c1-30-24-39(53-46(50-30)52-36-18-16-35(17-19-36)51-41(59)25-32-10-8-7-9-11-32)55(6)21-23-62-22-20-40(58)54-43(47(3,4)5)45(61)56-28-37(57)26-38(56)44(60)48-27-33-12-14-34(15-13-33)42-31(2)49-29-63-42/h7-19,24,29,37-38,43,57H,20-23,25-28H2,1-6H3,(H,48,60)(H,51,59)(H,54,58)(H,50,52,53). The number of carbonyl (C=O) groups excluding carboxylic acids is 4. The first-order valence-corrected chi connectivity index (χ1v) is 21.9. The molecule has 0 saturated carbocycles. The van der Waals surface area contributed by atoms with Crippen molar-refractivity contribution >= 4 is 58.1 Å². The first-order chi connectivity index (χ1) is 30.1. The van der Waals surface area contributed by atoms with Crippen molar-refractivity contribution < 1.29 is 29.0 Å². The largest absolute Gasteiger partial charge is 0.391 e. The van der Waals surface area contributed by atoms with Crippen LogP contribution in [0.1, 0.15) is 56.1 Å². The highest BCUT2D eigenvalue weighted by molar-refractivity contribution is 7.13. The molecule has 1 saturated heterocycles. The zero-order valence-electron chi connectivity index (χ0n) is 36.7. The van der Waals surface area contributed by atoms with Crippen molar-refractivity contribution in [1.29, 1.82) is 0 Å². The van der Waals surface area contributed by atoms with Gasteiger partial charge >= 0.3 is 0 Å². The van der Waals surface area contributed by atoms with Crippen LogP contribution in [-0.2, 0) is 36.9 Å². The lowest BCUT2D eigenvalue weighted by Gasteiger charge is -2.35. The molecule has 3 atom stereocenters. The molecule has 5 aromatic rings. The van der Waals surface area contributed by atoms with Crippen LogP contribution in [0.2, 0.25) is 0 Å². The molecule has 1 aliphatic heterocycles. The number of aliphatic hydroxyl groups is 1. The highest BCUT2D eigenvalue weighted by atomic mass is 32.1. The van der Waals surface area contributed by atoms with Crippen molar-refractivity contribution in [2.24, 2.45) is 5.41 Å². The van der Waals surface area contributed by atoms with Crippen LogP contribution in [0.3, 0.4) is 0 Å². The molecule has 5 N–H and O–H groups in total. The third-order valence-corrected chi connectivity index (χ3v) is 11.6. The fraction of sp³-hybridized carbons (Fsp3) is 0.383. The number of carbonyl (C=O) groups is 4. The third kappa shape index (κ3) is 13.1. The van der Waals surface area contributed by atoms with Gasteiger partial charge in [-0.3, -0.25) is 19.2 Å². The molecular formula is C47H57N9O6S. The summed E-state index contributed by atoms with van der Waals surface area (Å²) in [4.78, 5) is 71.1. The molecule has 1 aliphatic rings. The van der Waals surface area contributed by atoms with E-state index in [9.17, 15) is 24.3 Å². The summed E-state index contributed by atoms with van der Waals surface area (Å²) in [6, 6.07) is 24.8. The number of nitrogens with zero attached hydrogens (tertiary/aromatic N) is 5. The molecule has 0 radical (unpaired) electrons. The van der Waals surface area contributed by atoms with E-state index in [4.69, 9.17) is 4.74 Å². The van der Waals surface area contributed by atoms with Crippen LogP contribution in [0, 0.1) is 19.3 Å². The van der Waals surface area contributed by atoms with Gasteiger partial charge in [-0.25, -0.2) is 9.97 Å². The van der Waals surface area contributed by atoms with Gasteiger partial charge in [0, 0.05) is 62.7 Å². The molecule has 0 spiro atoms. The number of thiazole rings is 1. The predicted octanol–water partition coefficient (Wildman–Crippen LogP) is 5.79. The molecule has 0 bridgehead atoms. The number of likely N-dealkylation sites (N-methyl/N-ethyl adjacent to an activating group) is 1. The summed E-state index contributed by atoms with van der Waals surface area (Å²) in [5.41, 5.74) is 7.19. The van der Waals surface area contributed by atoms with Gasteiger partial charge in [0.1, 0.15) is 17.9 Å². The van der Waals surface area contributed by atoms with Gasteiger partial charge in [0.25, 0.3) is 0 Å². The minimum atomic E-state index is -0.938. The van der Waals surface area contributed by atoms with Crippen LogP contribution < -0.4 is 26.2 Å². The number of β-amino-alcohol motifs (C(OH)–C–C–N with tert-alkyl or cyclic N) is 1. The SMILES string of the molecule is Cc1cc(N(C)CCOCCC(=O)NC(C(=O)N2CC(O)CC2C(=O)NCc2ccc(-c3scnc3C)cc2)C(C)(C)C)nc(Nc2ccc(NC(=O)Cc3ccccc3)cc2)n1. The van der Waals surface area contributed by atoms with Gasteiger partial charge < -0.3 is 40.9 Å². The second kappa shape index (κ2) is 21.2. The maximum atomic E-state index is 14.0. The van der Waals surface area contributed by atoms with E-state index in [-0.39, 0.29) is 50.3 Å². The maximum Gasteiger partial charge on any atom is 0.246 e. The molecule has 332 valence electrons. The van der Waals surface area contributed by atoms with E-state index in [0.717, 1.165) is 38.6 Å². The van der Waals surface area contributed by atoms with E-state index in [2.05, 4.69) is 36.2 Å². The monoisotopic (exact) mass is 875 g/mol. The summed E-state index contributed by atoms with van der Waals surface area (Å²) in [6.45, 7) is 10.6. The quantitative estimate of drug-likeness (QED) is 0.0670. The number of anilines is 4. The lowest BCUT2D eigenvalue weighted by Crippen LogP contribution is -2.57. The van der Waals surface area contributed by atoms with Crippen molar-refractivity contribution in [2.45, 2.75) is 78.6 Å². The molecule has 3 unspecified atom stereocenters. The lowest BCUT2D eigenvalue weighted by molar-refractivity contribution is -0.144. The van der Waals surface area contributed by atoms with Gasteiger partial charge in [-0.2, -0.15) is 4.98 Å². The summed E-state index contributed by atoms with van der Waals surface area (Å²) in [5.74, 6) is -0.153. The topological polar surface area (TPSA) is 191 Å². The minimum absolute atomic E-state index is 0.00773. The van der Waals surface area contributed by atoms with E-state index in [1.54, 1.807) is 11.3 Å². The number of hydrogen-bond donors (Lipinski definition) is 5. The molecule has 6 rings (SSSR count). The number of aryl methyl sites for hydroxylation is 2. The van der Waals surface area contributed by atoms with E-state index in [1.165, 1.54) is 4.90 Å². The van der Waals surface area contributed by atoms with Gasteiger partial charge in [0.2, 0.25) is 29.6 Å². The molecule has 3 heterocycles. The normalized spacial score (nSPS) is 15.4. The average molecular weight is 876 g/mol. The summed E-state index contributed by atoms with van der Waals surface area (Å²) in [6.07, 6.45) is -0.452. The second-order valence-corrected chi connectivity index (χ2v) is 17.7. The molecule has 63 heavy (non-hydrogen) atoms. The fourth-order valence-corrected chi connectivity index (χ4v) is 7.96. The number of benzene rings is 3. The van der Waals surface area contributed by atoms with Crippen molar-refractivity contribution in [3.8, 4) is 10.4 Å². The second-order valence-electron chi connectivity index (χ2n) is 16.8. The summed E-state index contributed by atoms with van der Waals surface area (Å²) in [5, 5.41) is 22.6. The Bertz CT molecular complexity index is 2330. The molecule has 3 aromatic carbocycles. The molecule has 16 heteroatoms. The van der Waals surface area contributed by atoms with Crippen molar-refractivity contribution in [3.63, 3.8) is 0 Å². The molecule has 2 aromatic heterocycles. The first kappa shape index (κ1) is 46.3. The van der Waals surface area contributed by atoms with Gasteiger partial charge in [0.05, 0.1) is 41.8 Å². The number of likely N-dealkylation sites (tertiary alicyclic amines) is 1. The van der Waals surface area contributed by atoms with Crippen LogP contribution in [0.15, 0.2) is 90.4 Å². The van der Waals surface area contributed by atoms with E-state index in [1.807, 2.05) is 137 Å². The summed E-state index contributed by atoms with van der Waals surface area (Å²) < 4.78 is 5.83. The molecule has 1 fully saturated rings. The van der Waals surface area contributed by atoms with Gasteiger partial charge in [-0.1, -0.05) is 75.4 Å². The number of aliphatic hydroxyl groups excluding tert-OH is 1. The summed E-state index contributed by atoms with van der Waals surface area (Å²) in [7, 11) is 1.89. The van der Waals surface area contributed by atoms with Crippen LogP contribution in [0.25, 0.3) is 10.4 Å². The van der Waals surface area contributed by atoms with Crippen molar-refractivity contribution in [3.05, 3.63) is 113 Å². The first-order valence-electron chi connectivity index (χ1n) is 21.0. The van der Waals surface area contributed by atoms with Crippen LogP contribution in [0.4, 0.5) is 23.1 Å². The van der Waals surface area contributed by atoms with E-state index < -0.39 is 29.5 Å². The highest BCUT2D eigenvalue weighted by Gasteiger charge is 2.44. The van der Waals surface area contributed by atoms with E-state index >= 15 is 0 Å². The Morgan fingerprint density at radius 1 is 0.921 bits per heavy atom. The number of ether oxygens (including phenoxy) is 1. The fourth-order valence-electron chi connectivity index (χ4n) is 7.15. The number of amides is 4. The molecule has 4 amide bonds. The maximum absolute atomic E-state index is 14.0. The Hall–Kier alpha value is -6.23. The highest BCUT2D eigenvalue weighted by Crippen LogP contribution is 2.29. The number of aromatic nitrogens is 3. The molecule has 0 aliphatic carbocycles. The van der Waals surface area contributed by atoms with Gasteiger partial charge in [-0.05, 0) is 60.2 Å². The number of rotatable bonds is 18. The van der Waals surface area contributed by atoms with Gasteiger partial charge in [0.15, 0.2) is 0 Å². The van der Waals surface area contributed by atoms with E-state index in [0.29, 0.717) is 37.0 Å². The lowest BCUT2D eigenvalue weighted by atomic mass is 9.85. The smallest absolute Gasteiger partial charge is 0.246 e. The third-order valence-electron chi connectivity index (χ3n) is 10.6. The van der Waals surface area contributed by atoms with Crippen LogP contribution in [-0.4, -0.2) is 100 Å².